The van der Waals surface area contributed by atoms with Gasteiger partial charge >= 0.3 is 0 Å². The van der Waals surface area contributed by atoms with Crippen molar-refractivity contribution < 1.29 is 18.9 Å². The van der Waals surface area contributed by atoms with Crippen molar-refractivity contribution in [3.63, 3.8) is 0 Å². The van der Waals surface area contributed by atoms with Crippen LogP contribution in [0.2, 0.25) is 0 Å². The van der Waals surface area contributed by atoms with Gasteiger partial charge in [0.25, 0.3) is 0 Å². The molecule has 0 aromatic heterocycles. The molecule has 4 heteroatoms. The van der Waals surface area contributed by atoms with Crippen molar-refractivity contribution >= 4 is 0 Å². The Morgan fingerprint density at radius 3 is 0.694 bits per heavy atom. The molecular formula is C32H72O4. The minimum atomic E-state index is 0.844. The SMILES string of the molecule is CCC1CCC(CC)CC1.CCCOCCC.CCCOCCC.CCCOCCC.CCOCC. The van der Waals surface area contributed by atoms with Crippen molar-refractivity contribution in [3.8, 4) is 0 Å². The van der Waals surface area contributed by atoms with Gasteiger partial charge in [0.1, 0.15) is 0 Å². The molecule has 224 valence electrons. The van der Waals surface area contributed by atoms with Crippen LogP contribution < -0.4 is 0 Å². The van der Waals surface area contributed by atoms with E-state index in [1.165, 1.54) is 38.5 Å². The van der Waals surface area contributed by atoms with Crippen molar-refractivity contribution in [1.82, 2.24) is 0 Å². The molecule has 0 N–H and O–H groups in total. The van der Waals surface area contributed by atoms with Crippen LogP contribution in [-0.4, -0.2) is 52.9 Å². The highest BCUT2D eigenvalue weighted by atomic mass is 16.5. The van der Waals surface area contributed by atoms with Crippen LogP contribution in [0.4, 0.5) is 0 Å². The van der Waals surface area contributed by atoms with E-state index in [9.17, 15) is 0 Å². The van der Waals surface area contributed by atoms with E-state index in [1.54, 1.807) is 0 Å². The van der Waals surface area contributed by atoms with Gasteiger partial charge in [0, 0.05) is 52.9 Å². The second kappa shape index (κ2) is 44.8. The molecule has 0 bridgehead atoms. The summed E-state index contributed by atoms with van der Waals surface area (Å²) in [5.74, 6) is 2.14. The van der Waals surface area contributed by atoms with Gasteiger partial charge in [0.2, 0.25) is 0 Å². The van der Waals surface area contributed by atoms with Crippen LogP contribution in [-0.2, 0) is 18.9 Å². The summed E-state index contributed by atoms with van der Waals surface area (Å²) >= 11 is 0. The Morgan fingerprint density at radius 2 is 0.583 bits per heavy atom. The molecule has 0 unspecified atom stereocenters. The molecule has 0 radical (unpaired) electrons. The lowest BCUT2D eigenvalue weighted by Crippen LogP contribution is -2.12. The monoisotopic (exact) mass is 521 g/mol. The molecule has 0 aromatic carbocycles. The van der Waals surface area contributed by atoms with E-state index in [0.29, 0.717) is 0 Å². The van der Waals surface area contributed by atoms with Gasteiger partial charge in [0.15, 0.2) is 0 Å². The van der Waals surface area contributed by atoms with Crippen LogP contribution in [0, 0.1) is 11.8 Å². The highest BCUT2D eigenvalue weighted by Crippen LogP contribution is 2.31. The molecule has 0 aromatic rings. The minimum Gasteiger partial charge on any atom is -0.382 e. The van der Waals surface area contributed by atoms with Gasteiger partial charge in [-0.05, 0) is 64.2 Å². The number of rotatable bonds is 16. The highest BCUT2D eigenvalue weighted by molar-refractivity contribution is 4.70. The van der Waals surface area contributed by atoms with Gasteiger partial charge in [-0.1, -0.05) is 93.9 Å². The van der Waals surface area contributed by atoms with Crippen molar-refractivity contribution in [2.24, 2.45) is 11.8 Å². The summed E-state index contributed by atoms with van der Waals surface area (Å²) in [5.41, 5.74) is 0. The molecular weight excluding hydrogens is 448 g/mol. The average Bonchev–Trinajstić information content (AvgIpc) is 2.92. The molecule has 0 aliphatic heterocycles. The van der Waals surface area contributed by atoms with Gasteiger partial charge < -0.3 is 18.9 Å². The summed E-state index contributed by atoms with van der Waals surface area (Å²) in [6.07, 6.45) is 15.7. The first kappa shape index (κ1) is 42.9. The molecule has 0 saturated heterocycles. The quantitative estimate of drug-likeness (QED) is 0.190. The fourth-order valence-corrected chi connectivity index (χ4v) is 3.42. The van der Waals surface area contributed by atoms with Gasteiger partial charge in [-0.3, -0.25) is 0 Å². The number of hydrogen-bond acceptors (Lipinski definition) is 4. The van der Waals surface area contributed by atoms with Crippen LogP contribution in [0.5, 0.6) is 0 Å². The lowest BCUT2D eigenvalue weighted by molar-refractivity contribution is 0.135. The summed E-state index contributed by atoms with van der Waals surface area (Å²) < 4.78 is 20.2. The van der Waals surface area contributed by atoms with Gasteiger partial charge in [-0.2, -0.15) is 0 Å². The van der Waals surface area contributed by atoms with E-state index < -0.39 is 0 Å². The summed E-state index contributed by atoms with van der Waals surface area (Å²) in [7, 11) is 0. The van der Waals surface area contributed by atoms with E-state index in [1.807, 2.05) is 13.8 Å². The van der Waals surface area contributed by atoms with Crippen LogP contribution in [0.25, 0.3) is 0 Å². The van der Waals surface area contributed by atoms with E-state index >= 15 is 0 Å². The topological polar surface area (TPSA) is 36.9 Å². The van der Waals surface area contributed by atoms with E-state index in [0.717, 1.165) is 103 Å². The average molecular weight is 521 g/mol. The molecule has 0 spiro atoms. The largest absolute Gasteiger partial charge is 0.382 e. The highest BCUT2D eigenvalue weighted by Gasteiger charge is 2.17. The van der Waals surface area contributed by atoms with Crippen molar-refractivity contribution in [1.29, 1.82) is 0 Å². The first-order valence-electron chi connectivity index (χ1n) is 15.8. The molecule has 1 aliphatic carbocycles. The Balaban J connectivity index is -0.000000181. The molecule has 1 rings (SSSR count). The Labute approximate surface area is 230 Å². The Bertz CT molecular complexity index is 255. The molecule has 1 aliphatic rings. The minimum absolute atomic E-state index is 0.844. The predicted molar refractivity (Wildman–Crippen MR) is 162 cm³/mol. The standard InChI is InChI=1S/C10H20.3C6H14O.C4H10O/c1-3-9-5-7-10(4-2)8-6-9;3*1-3-5-7-6-4-2;1-3-5-4-2/h9-10H,3-8H2,1-2H3;3*3-6H2,1-2H3;3-4H2,1-2H3. The normalized spacial score (nSPS) is 16.2. The van der Waals surface area contributed by atoms with E-state index in [-0.39, 0.29) is 0 Å². The molecule has 4 nitrogen and oxygen atoms in total. The lowest BCUT2D eigenvalue weighted by Gasteiger charge is -2.26. The smallest absolute Gasteiger partial charge is 0.0463 e. The van der Waals surface area contributed by atoms with Crippen molar-refractivity contribution in [3.05, 3.63) is 0 Å². The fourth-order valence-electron chi connectivity index (χ4n) is 3.42. The fraction of sp³-hybridized carbons (Fsp3) is 1.00. The zero-order valence-electron chi connectivity index (χ0n) is 26.9. The van der Waals surface area contributed by atoms with Gasteiger partial charge in [-0.25, -0.2) is 0 Å². The maximum absolute atomic E-state index is 5.13. The zero-order chi connectivity index (χ0) is 28.1. The molecule has 36 heavy (non-hydrogen) atoms. The third-order valence-electron chi connectivity index (χ3n) is 5.62. The third-order valence-corrected chi connectivity index (χ3v) is 5.62. The molecule has 0 heterocycles. The summed E-state index contributed by atoms with van der Waals surface area (Å²) in [6, 6.07) is 0. The van der Waals surface area contributed by atoms with Gasteiger partial charge in [-0.15, -0.1) is 0 Å². The number of ether oxygens (including phenoxy) is 4. The Hall–Kier alpha value is -0.160. The molecule has 0 atom stereocenters. The Kier molecular flexibility index (Phi) is 53.4. The maximum Gasteiger partial charge on any atom is 0.0463 e. The Morgan fingerprint density at radius 1 is 0.361 bits per heavy atom. The zero-order valence-corrected chi connectivity index (χ0v) is 26.9. The molecule has 1 fully saturated rings. The summed E-state index contributed by atoms with van der Waals surface area (Å²) in [6.45, 7) is 28.6. The second-order valence-electron chi connectivity index (χ2n) is 9.32. The summed E-state index contributed by atoms with van der Waals surface area (Å²) in [4.78, 5) is 0. The van der Waals surface area contributed by atoms with Crippen LogP contribution in [0.1, 0.15) is 146 Å². The summed E-state index contributed by atoms with van der Waals surface area (Å²) in [5, 5.41) is 0. The lowest BCUT2D eigenvalue weighted by atomic mass is 9.80. The van der Waals surface area contributed by atoms with E-state index in [4.69, 9.17) is 18.9 Å². The van der Waals surface area contributed by atoms with Crippen LogP contribution in [0.15, 0.2) is 0 Å². The molecule has 1 saturated carbocycles. The van der Waals surface area contributed by atoms with Crippen molar-refractivity contribution in [2.75, 3.05) is 52.9 Å². The number of hydrogen-bond donors (Lipinski definition) is 0. The molecule has 0 amide bonds. The van der Waals surface area contributed by atoms with Crippen LogP contribution >= 0.6 is 0 Å². The first-order chi connectivity index (χ1) is 17.5. The first-order valence-corrected chi connectivity index (χ1v) is 15.8. The second-order valence-corrected chi connectivity index (χ2v) is 9.32. The maximum atomic E-state index is 5.13. The van der Waals surface area contributed by atoms with Gasteiger partial charge in [0.05, 0.1) is 0 Å². The van der Waals surface area contributed by atoms with E-state index in [2.05, 4.69) is 55.4 Å². The van der Waals surface area contributed by atoms with Crippen molar-refractivity contribution in [2.45, 2.75) is 146 Å². The van der Waals surface area contributed by atoms with Crippen LogP contribution in [0.3, 0.4) is 0 Å². The third kappa shape index (κ3) is 47.1. The predicted octanol–water partition coefficient (Wildman–Crippen LogP) is 10.1.